The van der Waals surface area contributed by atoms with Crippen molar-refractivity contribution < 1.29 is 18.3 Å². The Morgan fingerprint density at radius 1 is 1.32 bits per heavy atom. The van der Waals surface area contributed by atoms with Gasteiger partial charge in [0.2, 0.25) is 9.84 Å². The first kappa shape index (κ1) is 21.4. The number of hydrogen-bond acceptors (Lipinski definition) is 6. The van der Waals surface area contributed by atoms with Crippen LogP contribution in [0.2, 0.25) is 5.02 Å². The number of nitrogens with zero attached hydrogens (tertiary/aromatic N) is 5. The molecule has 1 aromatic carbocycles. The number of rotatable bonds is 6. The van der Waals surface area contributed by atoms with E-state index >= 15 is 0 Å². The van der Waals surface area contributed by atoms with Crippen LogP contribution >= 0.6 is 11.6 Å². The van der Waals surface area contributed by atoms with Crippen molar-refractivity contribution >= 4 is 33.2 Å². The number of imidazole rings is 1. The summed E-state index contributed by atoms with van der Waals surface area (Å²) in [5.41, 5.74) is 1.09. The fourth-order valence-corrected chi connectivity index (χ4v) is 6.13. The van der Waals surface area contributed by atoms with Crippen LogP contribution < -0.4 is 4.90 Å². The highest BCUT2D eigenvalue weighted by Crippen LogP contribution is 2.38. The number of aromatic nitrogens is 4. The molecule has 0 saturated carbocycles. The zero-order chi connectivity index (χ0) is 22.3. The van der Waals surface area contributed by atoms with Crippen molar-refractivity contribution in [3.8, 4) is 0 Å². The van der Waals surface area contributed by atoms with Gasteiger partial charge in [-0.05, 0) is 31.9 Å². The van der Waals surface area contributed by atoms with E-state index in [-0.39, 0.29) is 32.9 Å². The molecule has 1 atom stereocenters. The number of sulfone groups is 1. The van der Waals surface area contributed by atoms with Gasteiger partial charge in [-0.25, -0.2) is 22.9 Å². The van der Waals surface area contributed by atoms with Gasteiger partial charge in [-0.3, -0.25) is 0 Å². The maximum Gasteiger partial charge on any atom is 0.326 e. The first-order valence-corrected chi connectivity index (χ1v) is 11.6. The minimum atomic E-state index is -4.06. The van der Waals surface area contributed by atoms with Crippen LogP contribution in [-0.4, -0.2) is 51.4 Å². The molecule has 0 bridgehead atoms. The number of aryl methyl sites for hydroxylation is 2. The average molecular weight is 464 g/mol. The molecule has 0 amide bonds. The van der Waals surface area contributed by atoms with E-state index < -0.39 is 21.8 Å². The molecule has 4 rings (SSSR count). The Morgan fingerprint density at radius 2 is 2.06 bits per heavy atom. The first-order chi connectivity index (χ1) is 14.7. The molecule has 1 aliphatic heterocycles. The third-order valence-electron chi connectivity index (χ3n) is 5.48. The monoisotopic (exact) mass is 463 g/mol. The smallest absolute Gasteiger partial charge is 0.326 e. The van der Waals surface area contributed by atoms with Gasteiger partial charge in [-0.1, -0.05) is 23.7 Å². The second-order valence-electron chi connectivity index (χ2n) is 7.52. The van der Waals surface area contributed by atoms with Gasteiger partial charge in [0.15, 0.2) is 0 Å². The fraction of sp³-hybridized carbons (Fsp3) is 0.350. The van der Waals surface area contributed by atoms with Gasteiger partial charge in [0.1, 0.15) is 16.8 Å². The SMILES string of the molecule is Cc1nn(Cc2cncn2C)c(N2CCCC2C(=O)O)c1S(=O)(=O)c1ccccc1Cl. The number of carboxylic acids is 1. The molecule has 0 spiro atoms. The van der Waals surface area contributed by atoms with Crippen LogP contribution in [-0.2, 0) is 28.2 Å². The Bertz CT molecular complexity index is 1250. The lowest BCUT2D eigenvalue weighted by Crippen LogP contribution is -2.38. The van der Waals surface area contributed by atoms with Gasteiger partial charge in [0.05, 0.1) is 40.4 Å². The molecule has 1 unspecified atom stereocenters. The van der Waals surface area contributed by atoms with Crippen molar-refractivity contribution in [2.24, 2.45) is 7.05 Å². The van der Waals surface area contributed by atoms with Crippen LogP contribution in [0.3, 0.4) is 0 Å². The maximum atomic E-state index is 13.7. The van der Waals surface area contributed by atoms with E-state index in [4.69, 9.17) is 11.6 Å². The molecule has 1 fully saturated rings. The molecule has 3 aromatic rings. The number of halogens is 1. The summed E-state index contributed by atoms with van der Waals surface area (Å²) < 4.78 is 30.7. The Morgan fingerprint density at radius 3 is 2.71 bits per heavy atom. The van der Waals surface area contributed by atoms with Crippen LogP contribution in [0.4, 0.5) is 5.82 Å². The molecule has 9 nitrogen and oxygen atoms in total. The molecule has 2 aromatic heterocycles. The van der Waals surface area contributed by atoms with Crippen molar-refractivity contribution in [3.63, 3.8) is 0 Å². The number of benzene rings is 1. The number of carbonyl (C=O) groups is 1. The maximum absolute atomic E-state index is 13.7. The Hall–Kier alpha value is -2.85. The van der Waals surface area contributed by atoms with Crippen LogP contribution in [0.15, 0.2) is 46.6 Å². The van der Waals surface area contributed by atoms with E-state index in [1.807, 2.05) is 11.6 Å². The highest BCUT2D eigenvalue weighted by atomic mass is 35.5. The van der Waals surface area contributed by atoms with Gasteiger partial charge >= 0.3 is 5.97 Å². The summed E-state index contributed by atoms with van der Waals surface area (Å²) in [4.78, 5) is 17.6. The number of hydrogen-bond donors (Lipinski definition) is 1. The zero-order valence-corrected chi connectivity index (χ0v) is 18.6. The van der Waals surface area contributed by atoms with Crippen LogP contribution in [0, 0.1) is 6.92 Å². The largest absolute Gasteiger partial charge is 0.480 e. The molecule has 0 aliphatic carbocycles. The summed E-state index contributed by atoms with van der Waals surface area (Å²) in [7, 11) is -2.23. The summed E-state index contributed by atoms with van der Waals surface area (Å²) in [5, 5.41) is 14.3. The lowest BCUT2D eigenvalue weighted by molar-refractivity contribution is -0.138. The molecule has 0 radical (unpaired) electrons. The summed E-state index contributed by atoms with van der Waals surface area (Å²) in [5.74, 6) is -0.729. The van der Waals surface area contributed by atoms with Gasteiger partial charge in [0.25, 0.3) is 0 Å². The molecule has 11 heteroatoms. The third kappa shape index (κ3) is 3.70. The minimum absolute atomic E-state index is 0.0177. The van der Waals surface area contributed by atoms with E-state index in [9.17, 15) is 18.3 Å². The molecule has 3 heterocycles. The topological polar surface area (TPSA) is 110 Å². The van der Waals surface area contributed by atoms with E-state index in [0.29, 0.717) is 19.4 Å². The number of carboxylic acid groups (broad SMARTS) is 1. The normalized spacial score (nSPS) is 16.7. The molecule has 31 heavy (non-hydrogen) atoms. The molecular weight excluding hydrogens is 442 g/mol. The second kappa shape index (κ2) is 8.01. The van der Waals surface area contributed by atoms with Crippen LogP contribution in [0.1, 0.15) is 24.2 Å². The third-order valence-corrected chi connectivity index (χ3v) is 7.87. The molecule has 1 N–H and O–H groups in total. The predicted molar refractivity (Wildman–Crippen MR) is 114 cm³/mol. The van der Waals surface area contributed by atoms with Gasteiger partial charge < -0.3 is 14.6 Å². The standard InChI is InChI=1S/C20H22ClN5O4S/c1-13-18(31(29,30)17-8-4-3-6-15(17)21)19(25-9-5-7-16(25)20(27)28)26(23-13)11-14-10-22-12-24(14)2/h3-4,6,8,10,12,16H,5,7,9,11H2,1-2H3,(H,27,28). The predicted octanol–water partition coefficient (Wildman–Crippen LogP) is 2.51. The van der Waals surface area contributed by atoms with Crippen molar-refractivity contribution in [2.75, 3.05) is 11.4 Å². The van der Waals surface area contributed by atoms with E-state index in [1.165, 1.54) is 12.1 Å². The Kier molecular flexibility index (Phi) is 5.52. The van der Waals surface area contributed by atoms with Crippen molar-refractivity contribution in [1.29, 1.82) is 0 Å². The highest BCUT2D eigenvalue weighted by Gasteiger charge is 2.39. The molecule has 1 saturated heterocycles. The van der Waals surface area contributed by atoms with Crippen molar-refractivity contribution in [2.45, 2.75) is 42.1 Å². The molecular formula is C20H22ClN5O4S. The summed E-state index contributed by atoms with van der Waals surface area (Å²) >= 11 is 6.22. The Balaban J connectivity index is 1.94. The zero-order valence-electron chi connectivity index (χ0n) is 17.1. The first-order valence-electron chi connectivity index (χ1n) is 9.73. The number of aliphatic carboxylic acids is 1. The van der Waals surface area contributed by atoms with Gasteiger partial charge in [0, 0.05) is 13.6 Å². The van der Waals surface area contributed by atoms with E-state index in [0.717, 1.165) is 5.69 Å². The fourth-order valence-electron chi connectivity index (χ4n) is 4.00. The average Bonchev–Trinajstić information content (AvgIpc) is 3.41. The summed E-state index contributed by atoms with van der Waals surface area (Å²) in [6, 6.07) is 5.38. The lowest BCUT2D eigenvalue weighted by Gasteiger charge is -2.26. The second-order valence-corrected chi connectivity index (χ2v) is 9.78. The van der Waals surface area contributed by atoms with Gasteiger partial charge in [-0.15, -0.1) is 0 Å². The quantitative estimate of drug-likeness (QED) is 0.597. The van der Waals surface area contributed by atoms with Gasteiger partial charge in [-0.2, -0.15) is 5.10 Å². The molecule has 1 aliphatic rings. The molecule has 164 valence electrons. The van der Waals surface area contributed by atoms with E-state index in [1.54, 1.807) is 41.2 Å². The van der Waals surface area contributed by atoms with Crippen LogP contribution in [0.5, 0.6) is 0 Å². The minimum Gasteiger partial charge on any atom is -0.480 e. The highest BCUT2D eigenvalue weighted by molar-refractivity contribution is 7.91. The van der Waals surface area contributed by atoms with Crippen molar-refractivity contribution in [3.05, 3.63) is 53.2 Å². The summed E-state index contributed by atoms with van der Waals surface area (Å²) in [6.07, 6.45) is 4.37. The van der Waals surface area contributed by atoms with Crippen LogP contribution in [0.25, 0.3) is 0 Å². The summed E-state index contributed by atoms with van der Waals surface area (Å²) in [6.45, 7) is 2.27. The van der Waals surface area contributed by atoms with Crippen molar-refractivity contribution in [1.82, 2.24) is 19.3 Å². The van der Waals surface area contributed by atoms with E-state index in [2.05, 4.69) is 10.1 Å². The number of anilines is 1. The Labute approximate surface area is 184 Å². The lowest BCUT2D eigenvalue weighted by atomic mass is 10.2.